The molecular weight excluding hydrogens is 391 g/mol. The lowest BCUT2D eigenvalue weighted by atomic mass is 10.1. The molecule has 0 radical (unpaired) electrons. The molecule has 8 heteroatoms. The fraction of sp³-hybridized carbons (Fsp3) is 0.158. The van der Waals surface area contributed by atoms with Gasteiger partial charge in [-0.15, -0.1) is 0 Å². The fourth-order valence-electron chi connectivity index (χ4n) is 2.20. The Labute approximate surface area is 166 Å². The number of amides is 1. The highest BCUT2D eigenvalue weighted by molar-refractivity contribution is 6.32. The highest BCUT2D eigenvalue weighted by Gasteiger charge is 2.13. The molecule has 2 N–H and O–H groups in total. The molecule has 0 saturated carbocycles. The molecule has 0 fully saturated rings. The van der Waals surface area contributed by atoms with Gasteiger partial charge in [0.15, 0.2) is 11.5 Å². The average molecular weight is 407 g/mol. The first-order chi connectivity index (χ1) is 12.9. The maximum atomic E-state index is 12.4. The molecule has 2 rings (SSSR count). The topological polar surface area (TPSA) is 91.6 Å². The van der Waals surface area contributed by atoms with Gasteiger partial charge in [-0.25, -0.2) is 0 Å². The van der Waals surface area contributed by atoms with Gasteiger partial charge in [0.1, 0.15) is 17.4 Å². The normalized spacial score (nSPS) is 10.9. The maximum Gasteiger partial charge on any atom is 0.266 e. The number of hydrogen-bond acceptors (Lipinski definition) is 5. The summed E-state index contributed by atoms with van der Waals surface area (Å²) in [4.78, 5) is 12.4. The molecule has 0 aromatic heterocycles. The summed E-state index contributed by atoms with van der Waals surface area (Å²) in [5.74, 6) is -0.198. The molecule has 0 unspecified atom stereocenters. The number of nitrogens with zero attached hydrogens (tertiary/aromatic N) is 1. The van der Waals surface area contributed by atoms with Crippen LogP contribution in [0.15, 0.2) is 35.9 Å². The molecule has 27 heavy (non-hydrogen) atoms. The van der Waals surface area contributed by atoms with E-state index < -0.39 is 5.91 Å². The lowest BCUT2D eigenvalue weighted by molar-refractivity contribution is -0.112. The Bertz CT molecular complexity index is 936. The van der Waals surface area contributed by atoms with Gasteiger partial charge in [-0.2, -0.15) is 5.26 Å². The standard InChI is InChI=1S/C19H16Cl2N2O4/c1-3-27-17-8-11(7-15(21)18(17)24)6-12(10-22)19(25)23-13-4-5-16(26-2)14(20)9-13/h4-9,24H,3H2,1-2H3,(H,23,25)/b12-6+. The second kappa shape index (κ2) is 9.17. The number of benzene rings is 2. The van der Waals surface area contributed by atoms with Gasteiger partial charge in [0.05, 0.1) is 23.8 Å². The molecule has 140 valence electrons. The number of rotatable bonds is 6. The third kappa shape index (κ3) is 5.07. The highest BCUT2D eigenvalue weighted by Crippen LogP contribution is 2.36. The number of phenolic OH excluding ortho intramolecular Hbond substituents is 1. The molecule has 0 aliphatic rings. The van der Waals surface area contributed by atoms with Gasteiger partial charge in [0.2, 0.25) is 0 Å². The zero-order valence-corrected chi connectivity index (χ0v) is 16.1. The Morgan fingerprint density at radius 2 is 2.00 bits per heavy atom. The Morgan fingerprint density at radius 1 is 1.26 bits per heavy atom. The Morgan fingerprint density at radius 3 is 2.59 bits per heavy atom. The van der Waals surface area contributed by atoms with Crippen molar-refractivity contribution in [3.8, 4) is 23.3 Å². The van der Waals surface area contributed by atoms with Gasteiger partial charge in [0.25, 0.3) is 5.91 Å². The van der Waals surface area contributed by atoms with Gasteiger partial charge >= 0.3 is 0 Å². The minimum Gasteiger partial charge on any atom is -0.503 e. The minimum atomic E-state index is -0.624. The molecular formula is C19H16Cl2N2O4. The zero-order valence-electron chi connectivity index (χ0n) is 14.5. The van der Waals surface area contributed by atoms with Crippen LogP contribution in [0.4, 0.5) is 5.69 Å². The molecule has 0 bridgehead atoms. The van der Waals surface area contributed by atoms with Crippen molar-refractivity contribution in [2.24, 2.45) is 0 Å². The van der Waals surface area contributed by atoms with Crippen molar-refractivity contribution in [2.75, 3.05) is 19.0 Å². The number of anilines is 1. The Kier molecular flexibility index (Phi) is 6.94. The Balaban J connectivity index is 2.29. The van der Waals surface area contributed by atoms with Crippen LogP contribution >= 0.6 is 23.2 Å². The lowest BCUT2D eigenvalue weighted by Crippen LogP contribution is -2.13. The van der Waals surface area contributed by atoms with E-state index in [1.807, 2.05) is 6.07 Å². The molecule has 6 nitrogen and oxygen atoms in total. The van der Waals surface area contributed by atoms with Crippen molar-refractivity contribution >= 4 is 40.9 Å². The molecule has 0 aliphatic carbocycles. The Hall–Kier alpha value is -2.88. The molecule has 0 aliphatic heterocycles. The van der Waals surface area contributed by atoms with Crippen LogP contribution in [0.1, 0.15) is 12.5 Å². The highest BCUT2D eigenvalue weighted by atomic mass is 35.5. The van der Waals surface area contributed by atoms with Gasteiger partial charge < -0.3 is 19.9 Å². The number of aromatic hydroxyl groups is 1. The second-order valence-corrected chi connectivity index (χ2v) is 6.07. The van der Waals surface area contributed by atoms with E-state index in [4.69, 9.17) is 32.7 Å². The summed E-state index contributed by atoms with van der Waals surface area (Å²) in [6.45, 7) is 2.07. The lowest BCUT2D eigenvalue weighted by Gasteiger charge is -2.09. The van der Waals surface area contributed by atoms with E-state index in [-0.39, 0.29) is 22.1 Å². The largest absolute Gasteiger partial charge is 0.503 e. The summed E-state index contributed by atoms with van der Waals surface area (Å²) in [7, 11) is 1.48. The number of hydrogen-bond donors (Lipinski definition) is 2. The van der Waals surface area contributed by atoms with Crippen LogP contribution in [-0.4, -0.2) is 24.7 Å². The molecule has 0 spiro atoms. The van der Waals surface area contributed by atoms with E-state index in [9.17, 15) is 15.2 Å². The summed E-state index contributed by atoms with van der Waals surface area (Å²) < 4.78 is 10.3. The van der Waals surface area contributed by atoms with Gasteiger partial charge in [-0.1, -0.05) is 23.2 Å². The second-order valence-electron chi connectivity index (χ2n) is 5.26. The first-order valence-electron chi connectivity index (χ1n) is 7.81. The molecule has 2 aromatic rings. The van der Waals surface area contributed by atoms with Crippen LogP contribution in [-0.2, 0) is 4.79 Å². The van der Waals surface area contributed by atoms with Crippen molar-refractivity contribution in [3.05, 3.63) is 51.5 Å². The van der Waals surface area contributed by atoms with Gasteiger partial charge in [0, 0.05) is 5.69 Å². The number of methoxy groups -OCH3 is 1. The first kappa shape index (κ1) is 20.4. The minimum absolute atomic E-state index is 0.0480. The SMILES string of the molecule is CCOc1cc(/C=C(\C#N)C(=O)Nc2ccc(OC)c(Cl)c2)cc(Cl)c1O. The van der Waals surface area contributed by atoms with E-state index in [0.29, 0.717) is 28.6 Å². The maximum absolute atomic E-state index is 12.4. The summed E-state index contributed by atoms with van der Waals surface area (Å²) in [5, 5.41) is 22.2. The zero-order chi connectivity index (χ0) is 20.0. The van der Waals surface area contributed by atoms with Gasteiger partial charge in [-0.3, -0.25) is 4.79 Å². The predicted molar refractivity (Wildman–Crippen MR) is 105 cm³/mol. The van der Waals surface area contributed by atoms with E-state index in [0.717, 1.165) is 0 Å². The van der Waals surface area contributed by atoms with E-state index in [2.05, 4.69) is 5.32 Å². The van der Waals surface area contributed by atoms with Crippen LogP contribution in [0.3, 0.4) is 0 Å². The smallest absolute Gasteiger partial charge is 0.266 e. The number of carbonyl (C=O) groups is 1. The third-order valence-corrected chi connectivity index (χ3v) is 4.02. The van der Waals surface area contributed by atoms with Gasteiger partial charge in [-0.05, 0) is 48.9 Å². The van der Waals surface area contributed by atoms with Crippen molar-refractivity contribution in [3.63, 3.8) is 0 Å². The first-order valence-corrected chi connectivity index (χ1v) is 8.57. The number of halogens is 2. The molecule has 0 heterocycles. The van der Waals surface area contributed by atoms with Crippen molar-refractivity contribution in [1.82, 2.24) is 0 Å². The number of ether oxygens (including phenoxy) is 2. The summed E-state index contributed by atoms with van der Waals surface area (Å²) in [5.41, 5.74) is 0.678. The number of nitriles is 1. The van der Waals surface area contributed by atoms with Crippen LogP contribution < -0.4 is 14.8 Å². The average Bonchev–Trinajstić information content (AvgIpc) is 2.64. The molecule has 0 atom stereocenters. The van der Waals surface area contributed by atoms with Crippen molar-refractivity contribution < 1.29 is 19.4 Å². The fourth-order valence-corrected chi connectivity index (χ4v) is 2.68. The quantitative estimate of drug-likeness (QED) is 0.537. The number of phenols is 1. The number of nitrogens with one attached hydrogen (secondary N) is 1. The van der Waals surface area contributed by atoms with E-state index >= 15 is 0 Å². The molecule has 2 aromatic carbocycles. The summed E-state index contributed by atoms with van der Waals surface area (Å²) in [6, 6.07) is 9.46. The third-order valence-electron chi connectivity index (χ3n) is 3.44. The van der Waals surface area contributed by atoms with Crippen LogP contribution in [0.2, 0.25) is 10.0 Å². The van der Waals surface area contributed by atoms with Crippen LogP contribution in [0.5, 0.6) is 17.2 Å². The molecule has 0 saturated heterocycles. The van der Waals surface area contributed by atoms with E-state index in [1.165, 1.54) is 31.4 Å². The van der Waals surface area contributed by atoms with E-state index in [1.54, 1.807) is 19.1 Å². The van der Waals surface area contributed by atoms with Crippen LogP contribution in [0, 0.1) is 11.3 Å². The molecule has 1 amide bonds. The monoisotopic (exact) mass is 406 g/mol. The predicted octanol–water partition coefficient (Wildman–Crippen LogP) is 4.65. The van der Waals surface area contributed by atoms with Crippen LogP contribution in [0.25, 0.3) is 6.08 Å². The van der Waals surface area contributed by atoms with Crippen molar-refractivity contribution in [1.29, 1.82) is 5.26 Å². The number of carbonyl (C=O) groups excluding carboxylic acids is 1. The van der Waals surface area contributed by atoms with Crippen molar-refractivity contribution in [2.45, 2.75) is 6.92 Å². The summed E-state index contributed by atoms with van der Waals surface area (Å²) >= 11 is 12.0. The summed E-state index contributed by atoms with van der Waals surface area (Å²) in [6.07, 6.45) is 1.34.